The molecule has 1 atom stereocenters. The molecule has 2 amide bonds. The number of fused-ring (bicyclic) bond motifs is 1. The van der Waals surface area contributed by atoms with Crippen molar-refractivity contribution in [3.8, 4) is 0 Å². The van der Waals surface area contributed by atoms with Gasteiger partial charge in [-0.15, -0.1) is 0 Å². The normalized spacial score (nSPS) is 15.8. The number of halogens is 3. The van der Waals surface area contributed by atoms with Gasteiger partial charge in [0.1, 0.15) is 6.23 Å². The van der Waals surface area contributed by atoms with Crippen LogP contribution in [0.25, 0.3) is 0 Å². The van der Waals surface area contributed by atoms with Gasteiger partial charge >= 0.3 is 12.2 Å². The Hall–Kier alpha value is -3.44. The molecular formula is C23H20F3N3O4S. The first-order valence-corrected chi connectivity index (χ1v) is 11.8. The summed E-state index contributed by atoms with van der Waals surface area (Å²) in [4.78, 5) is 18.1. The highest BCUT2D eigenvalue weighted by Gasteiger charge is 2.38. The van der Waals surface area contributed by atoms with E-state index < -0.39 is 33.8 Å². The van der Waals surface area contributed by atoms with Crippen molar-refractivity contribution >= 4 is 27.2 Å². The second-order valence-corrected chi connectivity index (χ2v) is 9.66. The number of methoxy groups -OCH3 is 1. The smallest absolute Gasteiger partial charge is 0.361 e. The van der Waals surface area contributed by atoms with Gasteiger partial charge in [-0.25, -0.2) is 13.2 Å². The zero-order valence-electron chi connectivity index (χ0n) is 17.9. The average Bonchev–Trinajstić information content (AvgIpc) is 3.18. The Morgan fingerprint density at radius 2 is 1.79 bits per heavy atom. The molecule has 1 aliphatic rings. The molecule has 0 saturated carbocycles. The number of ether oxygens (including phenoxy) is 1. The van der Waals surface area contributed by atoms with E-state index in [-0.39, 0.29) is 22.8 Å². The Bertz CT molecular complexity index is 1300. The summed E-state index contributed by atoms with van der Waals surface area (Å²) in [5, 5.41) is 2.64. The summed E-state index contributed by atoms with van der Waals surface area (Å²) in [5.41, 5.74) is 0.683. The minimum atomic E-state index is -4.55. The van der Waals surface area contributed by atoms with E-state index in [0.717, 1.165) is 17.0 Å². The highest BCUT2D eigenvalue weighted by Crippen LogP contribution is 2.38. The first-order chi connectivity index (χ1) is 16.1. The summed E-state index contributed by atoms with van der Waals surface area (Å²) >= 11 is 0. The molecule has 0 bridgehead atoms. The lowest BCUT2D eigenvalue weighted by atomic mass is 10.1. The molecule has 0 saturated heterocycles. The predicted molar refractivity (Wildman–Crippen MR) is 119 cm³/mol. The molecule has 4 rings (SSSR count). The fourth-order valence-corrected chi connectivity index (χ4v) is 5.05. The molecule has 1 unspecified atom stereocenters. The van der Waals surface area contributed by atoms with Gasteiger partial charge in [-0.3, -0.25) is 9.88 Å². The zero-order valence-corrected chi connectivity index (χ0v) is 18.7. The number of urea groups is 1. The fourth-order valence-electron chi connectivity index (χ4n) is 3.72. The number of hydrogen-bond acceptors (Lipinski definition) is 5. The Kier molecular flexibility index (Phi) is 6.32. The first-order valence-electron chi connectivity index (χ1n) is 10.1. The SMILES string of the molecule is COC1Cc2ccc(C(F)(F)F)cc2N1C(=O)Nc1ccc(CS(=O)(=O)c2ccncc2)cc1. The summed E-state index contributed by atoms with van der Waals surface area (Å²) in [6.45, 7) is 0. The summed E-state index contributed by atoms with van der Waals surface area (Å²) in [6.07, 6.45) is -2.26. The number of rotatable bonds is 5. The van der Waals surface area contributed by atoms with Gasteiger partial charge in [0.25, 0.3) is 0 Å². The maximum atomic E-state index is 13.2. The lowest BCUT2D eigenvalue weighted by Gasteiger charge is -2.25. The Morgan fingerprint density at radius 1 is 1.12 bits per heavy atom. The summed E-state index contributed by atoms with van der Waals surface area (Å²) in [7, 11) is -2.19. The number of nitrogens with zero attached hydrogens (tertiary/aromatic N) is 2. The second-order valence-electron chi connectivity index (χ2n) is 7.67. The van der Waals surface area contributed by atoms with Gasteiger partial charge in [0.15, 0.2) is 9.84 Å². The van der Waals surface area contributed by atoms with E-state index in [0.29, 0.717) is 16.8 Å². The van der Waals surface area contributed by atoms with Crippen LogP contribution in [0.5, 0.6) is 0 Å². The predicted octanol–water partition coefficient (Wildman–Crippen LogP) is 4.64. The third kappa shape index (κ3) is 4.90. The van der Waals surface area contributed by atoms with Crippen LogP contribution < -0.4 is 10.2 Å². The van der Waals surface area contributed by atoms with Crippen molar-refractivity contribution in [3.63, 3.8) is 0 Å². The van der Waals surface area contributed by atoms with Gasteiger partial charge in [-0.05, 0) is 47.5 Å². The monoisotopic (exact) mass is 491 g/mol. The van der Waals surface area contributed by atoms with Crippen LogP contribution in [-0.4, -0.2) is 32.8 Å². The molecule has 3 aromatic rings. The van der Waals surface area contributed by atoms with E-state index in [1.165, 1.54) is 49.8 Å². The number of nitrogens with one attached hydrogen (secondary N) is 1. The molecule has 0 radical (unpaired) electrons. The van der Waals surface area contributed by atoms with E-state index >= 15 is 0 Å². The van der Waals surface area contributed by atoms with Crippen molar-refractivity contribution < 1.29 is 31.1 Å². The van der Waals surface area contributed by atoms with E-state index in [1.807, 2.05) is 0 Å². The molecular weight excluding hydrogens is 471 g/mol. The third-order valence-electron chi connectivity index (χ3n) is 5.42. The number of sulfone groups is 1. The standard InChI is InChI=1S/C23H20F3N3O4S/c1-33-21-12-16-4-5-17(23(24,25)26)13-20(16)29(21)22(30)28-18-6-2-15(3-7-18)14-34(31,32)19-8-10-27-11-9-19/h2-11,13,21H,12,14H2,1H3,(H,28,30). The van der Waals surface area contributed by atoms with Crippen LogP contribution in [0.4, 0.5) is 29.3 Å². The minimum Gasteiger partial charge on any atom is -0.361 e. The molecule has 7 nitrogen and oxygen atoms in total. The number of carbonyl (C=O) groups excluding carboxylic acids is 1. The van der Waals surface area contributed by atoms with E-state index in [4.69, 9.17) is 4.74 Å². The van der Waals surface area contributed by atoms with Crippen molar-refractivity contribution in [3.05, 3.63) is 83.7 Å². The molecule has 0 fully saturated rings. The summed E-state index contributed by atoms with van der Waals surface area (Å²) < 4.78 is 69.9. The second kappa shape index (κ2) is 9.07. The highest BCUT2D eigenvalue weighted by atomic mass is 32.2. The Morgan fingerprint density at radius 3 is 2.41 bits per heavy atom. The number of amides is 2. The van der Waals surface area contributed by atoms with Crippen LogP contribution in [0.1, 0.15) is 16.7 Å². The van der Waals surface area contributed by atoms with Gasteiger partial charge < -0.3 is 10.1 Å². The van der Waals surface area contributed by atoms with Crippen molar-refractivity contribution in [2.45, 2.75) is 29.5 Å². The molecule has 1 aromatic heterocycles. The third-order valence-corrected chi connectivity index (χ3v) is 7.12. The Balaban J connectivity index is 1.51. The summed E-state index contributed by atoms with van der Waals surface area (Å²) in [5.74, 6) is -0.239. The average molecular weight is 491 g/mol. The van der Waals surface area contributed by atoms with Crippen LogP contribution in [0.2, 0.25) is 0 Å². The molecule has 0 spiro atoms. The lowest BCUT2D eigenvalue weighted by molar-refractivity contribution is -0.137. The number of pyridine rings is 1. The zero-order chi connectivity index (χ0) is 24.5. The molecule has 0 aliphatic carbocycles. The van der Waals surface area contributed by atoms with Crippen LogP contribution >= 0.6 is 0 Å². The van der Waals surface area contributed by atoms with Crippen molar-refractivity contribution in [2.24, 2.45) is 0 Å². The van der Waals surface area contributed by atoms with E-state index in [1.54, 1.807) is 12.1 Å². The summed E-state index contributed by atoms with van der Waals surface area (Å²) in [6, 6.07) is 11.6. The molecule has 1 aliphatic heterocycles. The topological polar surface area (TPSA) is 88.6 Å². The first kappa shape index (κ1) is 23.7. The van der Waals surface area contributed by atoms with Crippen molar-refractivity contribution in [1.82, 2.24) is 4.98 Å². The number of carbonyl (C=O) groups is 1. The van der Waals surface area contributed by atoms with Gasteiger partial charge in [0.2, 0.25) is 0 Å². The quantitative estimate of drug-likeness (QED) is 0.562. The number of hydrogen-bond donors (Lipinski definition) is 1. The molecule has 34 heavy (non-hydrogen) atoms. The van der Waals surface area contributed by atoms with E-state index in [9.17, 15) is 26.4 Å². The molecule has 2 heterocycles. The number of anilines is 2. The molecule has 178 valence electrons. The molecule has 2 aromatic carbocycles. The molecule has 11 heteroatoms. The minimum absolute atomic E-state index is 0.124. The van der Waals surface area contributed by atoms with Crippen LogP contribution in [0.3, 0.4) is 0 Å². The van der Waals surface area contributed by atoms with Crippen LogP contribution in [0, 0.1) is 0 Å². The van der Waals surface area contributed by atoms with Crippen LogP contribution in [0.15, 0.2) is 71.9 Å². The number of benzene rings is 2. The Labute approximate surface area is 194 Å². The maximum Gasteiger partial charge on any atom is 0.416 e. The number of aromatic nitrogens is 1. The van der Waals surface area contributed by atoms with Crippen LogP contribution in [-0.2, 0) is 32.9 Å². The van der Waals surface area contributed by atoms with Gasteiger partial charge in [0, 0.05) is 31.6 Å². The van der Waals surface area contributed by atoms with E-state index in [2.05, 4.69) is 10.3 Å². The fraction of sp³-hybridized carbons (Fsp3) is 0.217. The van der Waals surface area contributed by atoms with Crippen molar-refractivity contribution in [2.75, 3.05) is 17.3 Å². The molecule has 1 N–H and O–H groups in total. The maximum absolute atomic E-state index is 13.2. The largest absolute Gasteiger partial charge is 0.416 e. The number of alkyl halides is 3. The van der Waals surface area contributed by atoms with Crippen molar-refractivity contribution in [1.29, 1.82) is 0 Å². The van der Waals surface area contributed by atoms with Gasteiger partial charge in [-0.1, -0.05) is 18.2 Å². The highest BCUT2D eigenvalue weighted by molar-refractivity contribution is 7.90. The van der Waals surface area contributed by atoms with Gasteiger partial charge in [0.05, 0.1) is 21.9 Å². The lowest BCUT2D eigenvalue weighted by Crippen LogP contribution is -2.41. The van der Waals surface area contributed by atoms with Gasteiger partial charge in [-0.2, -0.15) is 13.2 Å².